The highest BCUT2D eigenvalue weighted by atomic mass is 16.4. The van der Waals surface area contributed by atoms with E-state index in [0.717, 1.165) is 6.42 Å². The highest BCUT2D eigenvalue weighted by Crippen LogP contribution is 2.24. The molecule has 1 unspecified atom stereocenters. The van der Waals surface area contributed by atoms with Crippen molar-refractivity contribution in [1.29, 1.82) is 0 Å². The van der Waals surface area contributed by atoms with Crippen LogP contribution in [0.25, 0.3) is 0 Å². The fourth-order valence-electron chi connectivity index (χ4n) is 1.16. The van der Waals surface area contributed by atoms with Gasteiger partial charge in [-0.25, -0.2) is 0 Å². The van der Waals surface area contributed by atoms with Gasteiger partial charge in [0.2, 0.25) is 0 Å². The van der Waals surface area contributed by atoms with Crippen LogP contribution in [0.3, 0.4) is 0 Å². The zero-order chi connectivity index (χ0) is 15.7. The molecular weight excluding hydrogens is 248 g/mol. The zero-order valence-electron chi connectivity index (χ0n) is 12.9. The Morgan fingerprint density at radius 3 is 1.26 bits per heavy atom. The van der Waals surface area contributed by atoms with Gasteiger partial charge >= 0.3 is 0 Å². The minimum atomic E-state index is -1.30. The smallest absolute Gasteiger partial charge is 0.113 e. The Morgan fingerprint density at radius 1 is 0.842 bits per heavy atom. The molecule has 5 N–H and O–H groups in total. The Kier molecular flexibility index (Phi) is 10.7. The Labute approximate surface area is 116 Å². The topological polar surface area (TPSA) is 101 Å². The summed E-state index contributed by atoms with van der Waals surface area (Å²) in [6.07, 6.45) is 0.748. The highest BCUT2D eigenvalue weighted by molar-refractivity contribution is 4.81. The van der Waals surface area contributed by atoms with Gasteiger partial charge in [-0.15, -0.1) is 0 Å². The first-order valence-corrected chi connectivity index (χ1v) is 6.83. The maximum absolute atomic E-state index is 9.40. The van der Waals surface area contributed by atoms with Gasteiger partial charge < -0.3 is 25.5 Å². The predicted octanol–water partition coefficient (Wildman–Crippen LogP) is 0.382. The summed E-state index contributed by atoms with van der Waals surface area (Å²) in [5, 5.41) is 44.3. The molecule has 5 nitrogen and oxygen atoms in total. The predicted molar refractivity (Wildman–Crippen MR) is 75.7 cm³/mol. The number of aliphatic hydroxyl groups is 5. The van der Waals surface area contributed by atoms with E-state index in [2.05, 4.69) is 0 Å². The summed E-state index contributed by atoms with van der Waals surface area (Å²) in [6.45, 7) is 8.92. The molecule has 0 bridgehead atoms. The summed E-state index contributed by atoms with van der Waals surface area (Å²) in [6, 6.07) is 0. The lowest BCUT2D eigenvalue weighted by molar-refractivity contribution is -0.0917. The van der Waals surface area contributed by atoms with E-state index in [1.165, 1.54) is 0 Å². The molecule has 0 radical (unpaired) electrons. The summed E-state index contributed by atoms with van der Waals surface area (Å²) in [5.41, 5.74) is -1.60. The zero-order valence-corrected chi connectivity index (χ0v) is 12.9. The second-order valence-electron chi connectivity index (χ2n) is 5.85. The lowest BCUT2D eigenvalue weighted by atomic mass is 9.81. The van der Waals surface area contributed by atoms with Gasteiger partial charge in [0, 0.05) is 5.41 Å². The van der Waals surface area contributed by atoms with Crippen molar-refractivity contribution in [3.8, 4) is 0 Å². The Morgan fingerprint density at radius 2 is 1.21 bits per heavy atom. The lowest BCUT2D eigenvalue weighted by Crippen LogP contribution is -2.43. The first kappa shape index (κ1) is 21.1. The van der Waals surface area contributed by atoms with Gasteiger partial charge in [-0.1, -0.05) is 41.0 Å². The van der Waals surface area contributed by atoms with E-state index < -0.39 is 5.60 Å². The molecule has 0 aromatic rings. The quantitative estimate of drug-likeness (QED) is 0.464. The van der Waals surface area contributed by atoms with E-state index in [4.69, 9.17) is 20.4 Å². The van der Waals surface area contributed by atoms with E-state index in [9.17, 15) is 5.11 Å². The molecule has 0 saturated heterocycles. The fourth-order valence-corrected chi connectivity index (χ4v) is 1.16. The van der Waals surface area contributed by atoms with Crippen molar-refractivity contribution in [3.63, 3.8) is 0 Å². The van der Waals surface area contributed by atoms with Crippen LogP contribution in [-0.2, 0) is 0 Å². The maximum atomic E-state index is 9.40. The van der Waals surface area contributed by atoms with E-state index in [0.29, 0.717) is 5.92 Å². The minimum absolute atomic E-state index is 0.0567. The van der Waals surface area contributed by atoms with Crippen LogP contribution in [0.5, 0.6) is 0 Å². The van der Waals surface area contributed by atoms with Crippen LogP contribution in [0.1, 0.15) is 41.0 Å². The van der Waals surface area contributed by atoms with Crippen LogP contribution in [0, 0.1) is 17.3 Å². The molecule has 0 heterocycles. The second kappa shape index (κ2) is 9.66. The third-order valence-electron chi connectivity index (χ3n) is 4.19. The molecule has 0 aliphatic carbocycles. The molecule has 0 aromatic heterocycles. The normalized spacial score (nSPS) is 14.1. The highest BCUT2D eigenvalue weighted by Gasteiger charge is 2.30. The molecule has 0 aliphatic heterocycles. The van der Waals surface area contributed by atoms with Crippen molar-refractivity contribution in [3.05, 3.63) is 0 Å². The van der Waals surface area contributed by atoms with Crippen molar-refractivity contribution >= 4 is 0 Å². The van der Waals surface area contributed by atoms with Crippen molar-refractivity contribution in [2.24, 2.45) is 17.3 Å². The van der Waals surface area contributed by atoms with Crippen LogP contribution >= 0.6 is 0 Å². The lowest BCUT2D eigenvalue weighted by Gasteiger charge is -2.29. The molecule has 0 rings (SSSR count). The van der Waals surface area contributed by atoms with Gasteiger partial charge in [0.15, 0.2) is 0 Å². The largest absolute Gasteiger partial charge is 0.396 e. The Bertz CT molecular complexity index is 210. The molecule has 0 aliphatic rings. The first-order chi connectivity index (χ1) is 8.67. The number of aliphatic hydroxyl groups excluding tert-OH is 4. The minimum Gasteiger partial charge on any atom is -0.396 e. The number of rotatable bonds is 7. The molecule has 0 spiro atoms. The SMILES string of the molecule is CC(C)C(C)(CO)CO.CCC(C)C(O)(CO)CO. The van der Waals surface area contributed by atoms with Gasteiger partial charge in [-0.2, -0.15) is 0 Å². The van der Waals surface area contributed by atoms with E-state index in [1.807, 2.05) is 27.7 Å². The van der Waals surface area contributed by atoms with Crippen molar-refractivity contribution < 1.29 is 25.5 Å². The number of hydrogen-bond donors (Lipinski definition) is 5. The summed E-state index contributed by atoms with van der Waals surface area (Å²) in [7, 11) is 0. The van der Waals surface area contributed by atoms with Crippen molar-refractivity contribution in [2.45, 2.75) is 46.6 Å². The van der Waals surface area contributed by atoms with Crippen LogP contribution in [0.15, 0.2) is 0 Å². The molecule has 0 fully saturated rings. The van der Waals surface area contributed by atoms with Crippen molar-refractivity contribution in [2.75, 3.05) is 26.4 Å². The summed E-state index contributed by atoms with van der Waals surface area (Å²) >= 11 is 0. The summed E-state index contributed by atoms with van der Waals surface area (Å²) in [4.78, 5) is 0. The van der Waals surface area contributed by atoms with Crippen LogP contribution in [-0.4, -0.2) is 57.6 Å². The van der Waals surface area contributed by atoms with E-state index in [-0.39, 0.29) is 37.8 Å². The van der Waals surface area contributed by atoms with Gasteiger partial charge in [0.1, 0.15) is 5.60 Å². The van der Waals surface area contributed by atoms with Crippen LogP contribution in [0.2, 0.25) is 0 Å². The van der Waals surface area contributed by atoms with Crippen LogP contribution in [0.4, 0.5) is 0 Å². The summed E-state index contributed by atoms with van der Waals surface area (Å²) in [5.74, 6) is 0.259. The van der Waals surface area contributed by atoms with Gasteiger partial charge in [0.05, 0.1) is 26.4 Å². The third-order valence-corrected chi connectivity index (χ3v) is 4.19. The number of hydrogen-bond acceptors (Lipinski definition) is 5. The first-order valence-electron chi connectivity index (χ1n) is 6.83. The van der Waals surface area contributed by atoms with Gasteiger partial charge in [-0.05, 0) is 11.8 Å². The maximum Gasteiger partial charge on any atom is 0.113 e. The molecule has 0 aromatic carbocycles. The average molecular weight is 280 g/mol. The molecule has 0 amide bonds. The Hall–Kier alpha value is -0.200. The Balaban J connectivity index is 0. The molecule has 1 atom stereocenters. The van der Waals surface area contributed by atoms with Gasteiger partial charge in [-0.3, -0.25) is 0 Å². The van der Waals surface area contributed by atoms with E-state index >= 15 is 0 Å². The fraction of sp³-hybridized carbons (Fsp3) is 1.00. The average Bonchev–Trinajstić information content (AvgIpc) is 2.44. The van der Waals surface area contributed by atoms with E-state index in [1.54, 1.807) is 6.92 Å². The molecule has 118 valence electrons. The summed E-state index contributed by atoms with van der Waals surface area (Å²) < 4.78 is 0. The van der Waals surface area contributed by atoms with Gasteiger partial charge in [0.25, 0.3) is 0 Å². The van der Waals surface area contributed by atoms with Crippen molar-refractivity contribution in [1.82, 2.24) is 0 Å². The standard InChI is InChI=1S/C7H16O3.C7H16O2/c1-3-6(2)7(10,4-8)5-9;1-6(2)7(3,4-8)5-9/h6,8-10H,3-5H2,1-2H3;6,8-9H,4-5H2,1-3H3. The molecule has 19 heavy (non-hydrogen) atoms. The third kappa shape index (κ3) is 6.68. The monoisotopic (exact) mass is 280 g/mol. The molecule has 5 heteroatoms. The van der Waals surface area contributed by atoms with Crippen LogP contribution < -0.4 is 0 Å². The second-order valence-corrected chi connectivity index (χ2v) is 5.85. The molecular formula is C14H32O5. The molecule has 0 saturated carbocycles.